The number of benzene rings is 8. The zero-order valence-corrected chi connectivity index (χ0v) is 26.1. The van der Waals surface area contributed by atoms with E-state index in [9.17, 15) is 0 Å². The molecule has 11 rings (SSSR count). The number of fused-ring (bicyclic) bond motifs is 10. The maximum absolute atomic E-state index is 2.45. The zero-order chi connectivity index (χ0) is 31.3. The second kappa shape index (κ2) is 9.57. The SMILES string of the molecule is c1ccc(-n2c3ccccc3c3cc(-c4ccc5c(c4)c4c6cccc7c6c(cc4n5-c4ccccc4)-c4ccccc4-7)ccc32)cc1. The summed E-state index contributed by atoms with van der Waals surface area (Å²) in [6.45, 7) is 0. The lowest BCUT2D eigenvalue weighted by molar-refractivity contribution is 1.18. The third kappa shape index (κ3) is 3.41. The monoisotopic (exact) mass is 608 g/mol. The highest BCUT2D eigenvalue weighted by atomic mass is 15.0. The van der Waals surface area contributed by atoms with Gasteiger partial charge in [-0.25, -0.2) is 0 Å². The van der Waals surface area contributed by atoms with Gasteiger partial charge in [0.05, 0.1) is 22.1 Å². The molecule has 8 aromatic carbocycles. The predicted octanol–water partition coefficient (Wildman–Crippen LogP) is 12.3. The van der Waals surface area contributed by atoms with Crippen LogP contribution in [-0.4, -0.2) is 9.13 Å². The normalized spacial score (nSPS) is 12.2. The molecule has 2 heterocycles. The number of aromatic nitrogens is 2. The minimum atomic E-state index is 1.18. The molecule has 0 saturated carbocycles. The predicted molar refractivity (Wildman–Crippen MR) is 202 cm³/mol. The Balaban J connectivity index is 1.21. The first-order chi connectivity index (χ1) is 23.8. The highest BCUT2D eigenvalue weighted by molar-refractivity contribution is 6.29. The molecule has 0 N–H and O–H groups in total. The van der Waals surface area contributed by atoms with E-state index in [2.05, 4.69) is 179 Å². The van der Waals surface area contributed by atoms with Gasteiger partial charge in [0.2, 0.25) is 0 Å². The molecule has 10 aromatic rings. The molecule has 2 heteroatoms. The van der Waals surface area contributed by atoms with Gasteiger partial charge in [-0.3, -0.25) is 0 Å². The first-order valence-corrected chi connectivity index (χ1v) is 16.6. The van der Waals surface area contributed by atoms with Gasteiger partial charge in [-0.1, -0.05) is 109 Å². The van der Waals surface area contributed by atoms with Crippen molar-refractivity contribution in [3.63, 3.8) is 0 Å². The molecule has 0 unspecified atom stereocenters. The molecule has 0 radical (unpaired) electrons. The van der Waals surface area contributed by atoms with E-state index in [0.717, 1.165) is 0 Å². The van der Waals surface area contributed by atoms with Crippen molar-refractivity contribution in [2.24, 2.45) is 0 Å². The fourth-order valence-corrected chi connectivity index (χ4v) is 8.42. The third-order valence-electron chi connectivity index (χ3n) is 10.4. The highest BCUT2D eigenvalue weighted by Gasteiger charge is 2.25. The summed E-state index contributed by atoms with van der Waals surface area (Å²) in [5.41, 5.74) is 15.0. The molecule has 0 amide bonds. The Bertz CT molecular complexity index is 2920. The van der Waals surface area contributed by atoms with Crippen molar-refractivity contribution in [3.8, 4) is 44.8 Å². The molecule has 48 heavy (non-hydrogen) atoms. The van der Waals surface area contributed by atoms with Crippen LogP contribution in [0.3, 0.4) is 0 Å². The lowest BCUT2D eigenvalue weighted by atomic mass is 9.96. The summed E-state index contributed by atoms with van der Waals surface area (Å²) in [7, 11) is 0. The van der Waals surface area contributed by atoms with Gasteiger partial charge in [0, 0.05) is 32.9 Å². The second-order valence-electron chi connectivity index (χ2n) is 12.9. The third-order valence-corrected chi connectivity index (χ3v) is 10.4. The Labute approximate surface area is 277 Å². The summed E-state index contributed by atoms with van der Waals surface area (Å²) in [4.78, 5) is 0. The molecule has 222 valence electrons. The first-order valence-electron chi connectivity index (χ1n) is 16.6. The Morgan fingerprint density at radius 2 is 0.792 bits per heavy atom. The van der Waals surface area contributed by atoms with E-state index in [1.807, 2.05) is 0 Å². The number of rotatable bonds is 3. The average molecular weight is 609 g/mol. The lowest BCUT2D eigenvalue weighted by Gasteiger charge is -2.10. The molecular formula is C46H28N2. The van der Waals surface area contributed by atoms with Crippen LogP contribution in [0.15, 0.2) is 170 Å². The average Bonchev–Trinajstić information content (AvgIpc) is 3.78. The number of para-hydroxylation sites is 3. The largest absolute Gasteiger partial charge is 0.309 e. The van der Waals surface area contributed by atoms with Crippen LogP contribution in [0.1, 0.15) is 0 Å². The highest BCUT2D eigenvalue weighted by Crippen LogP contribution is 2.51. The number of nitrogens with zero attached hydrogens (tertiary/aromatic N) is 2. The molecule has 0 bridgehead atoms. The van der Waals surface area contributed by atoms with Crippen LogP contribution >= 0.6 is 0 Å². The molecule has 2 aromatic heterocycles. The minimum absolute atomic E-state index is 1.18. The van der Waals surface area contributed by atoms with Crippen molar-refractivity contribution in [1.82, 2.24) is 9.13 Å². The lowest BCUT2D eigenvalue weighted by Crippen LogP contribution is -1.93. The van der Waals surface area contributed by atoms with E-state index >= 15 is 0 Å². The van der Waals surface area contributed by atoms with Gasteiger partial charge in [-0.15, -0.1) is 0 Å². The summed E-state index contributed by atoms with van der Waals surface area (Å²) in [6.07, 6.45) is 0. The molecule has 0 saturated heterocycles. The molecule has 2 nitrogen and oxygen atoms in total. The van der Waals surface area contributed by atoms with Crippen molar-refractivity contribution < 1.29 is 0 Å². The molecule has 0 fully saturated rings. The van der Waals surface area contributed by atoms with Crippen molar-refractivity contribution >= 4 is 54.4 Å². The zero-order valence-electron chi connectivity index (χ0n) is 26.1. The van der Waals surface area contributed by atoms with Gasteiger partial charge >= 0.3 is 0 Å². The molecule has 0 spiro atoms. The van der Waals surface area contributed by atoms with Crippen molar-refractivity contribution in [2.45, 2.75) is 0 Å². The van der Waals surface area contributed by atoms with Crippen LogP contribution in [-0.2, 0) is 0 Å². The van der Waals surface area contributed by atoms with E-state index < -0.39 is 0 Å². The Morgan fingerprint density at radius 1 is 0.271 bits per heavy atom. The van der Waals surface area contributed by atoms with Gasteiger partial charge in [-0.05, 0) is 105 Å². The smallest absolute Gasteiger partial charge is 0.0553 e. The second-order valence-corrected chi connectivity index (χ2v) is 12.9. The molecule has 1 aliphatic carbocycles. The van der Waals surface area contributed by atoms with Gasteiger partial charge in [-0.2, -0.15) is 0 Å². The summed E-state index contributed by atoms with van der Waals surface area (Å²) in [6, 6.07) is 62.4. The number of hydrogen-bond donors (Lipinski definition) is 0. The van der Waals surface area contributed by atoms with Gasteiger partial charge in [0.15, 0.2) is 0 Å². The van der Waals surface area contributed by atoms with E-state index in [-0.39, 0.29) is 0 Å². The van der Waals surface area contributed by atoms with Gasteiger partial charge in [0.1, 0.15) is 0 Å². The standard InChI is InChI=1S/C46H28N2/c1-3-12-31(13-4-1)47-41-21-10-9-18-35(41)38-26-29(22-24-42(38)47)30-23-25-43-40(27-30)46-37-20-11-19-36-33-16-7-8-17-34(33)39(45(36)37)28-44(46)48(43)32-14-5-2-6-15-32/h1-28H. The Hall–Kier alpha value is -6.38. The van der Waals surface area contributed by atoms with Gasteiger partial charge in [0.25, 0.3) is 0 Å². The number of hydrogen-bond acceptors (Lipinski definition) is 0. The molecule has 0 aliphatic heterocycles. The van der Waals surface area contributed by atoms with Crippen molar-refractivity contribution in [3.05, 3.63) is 170 Å². The van der Waals surface area contributed by atoms with Crippen molar-refractivity contribution in [1.29, 1.82) is 0 Å². The summed E-state index contributed by atoms with van der Waals surface area (Å²) >= 11 is 0. The molecular weight excluding hydrogens is 581 g/mol. The summed E-state index contributed by atoms with van der Waals surface area (Å²) in [5, 5.41) is 7.79. The van der Waals surface area contributed by atoms with Crippen molar-refractivity contribution in [2.75, 3.05) is 0 Å². The van der Waals surface area contributed by atoms with Crippen LogP contribution in [0.5, 0.6) is 0 Å². The van der Waals surface area contributed by atoms with Crippen LogP contribution in [0, 0.1) is 0 Å². The maximum Gasteiger partial charge on any atom is 0.0553 e. The Kier molecular flexibility index (Phi) is 5.14. The maximum atomic E-state index is 2.45. The minimum Gasteiger partial charge on any atom is -0.309 e. The van der Waals surface area contributed by atoms with Gasteiger partial charge < -0.3 is 9.13 Å². The van der Waals surface area contributed by atoms with Crippen LogP contribution in [0.4, 0.5) is 0 Å². The summed E-state index contributed by atoms with van der Waals surface area (Å²) < 4.78 is 4.83. The van der Waals surface area contributed by atoms with Crippen LogP contribution < -0.4 is 0 Å². The van der Waals surface area contributed by atoms with Crippen LogP contribution in [0.25, 0.3) is 99.1 Å². The topological polar surface area (TPSA) is 9.86 Å². The van der Waals surface area contributed by atoms with E-state index in [0.29, 0.717) is 0 Å². The molecule has 0 atom stereocenters. The van der Waals surface area contributed by atoms with E-state index in [1.165, 1.54) is 99.1 Å². The fourth-order valence-electron chi connectivity index (χ4n) is 8.42. The quantitative estimate of drug-likeness (QED) is 0.189. The van der Waals surface area contributed by atoms with E-state index in [4.69, 9.17) is 0 Å². The fraction of sp³-hybridized carbons (Fsp3) is 0. The summed E-state index contributed by atoms with van der Waals surface area (Å²) in [5.74, 6) is 0. The first kappa shape index (κ1) is 25.8. The molecule has 1 aliphatic rings. The Morgan fingerprint density at radius 3 is 1.52 bits per heavy atom. The van der Waals surface area contributed by atoms with E-state index in [1.54, 1.807) is 0 Å². The van der Waals surface area contributed by atoms with Crippen LogP contribution in [0.2, 0.25) is 0 Å².